The Hall–Kier alpha value is -0.680. The van der Waals surface area contributed by atoms with Crippen molar-refractivity contribution in [2.45, 2.75) is 26.9 Å². The molecule has 1 saturated heterocycles. The van der Waals surface area contributed by atoms with Gasteiger partial charge < -0.3 is 9.64 Å². The van der Waals surface area contributed by atoms with Gasteiger partial charge in [-0.25, -0.2) is 9.97 Å². The molecular formula is C12H18BrN3O. The first-order valence-corrected chi connectivity index (χ1v) is 6.60. The summed E-state index contributed by atoms with van der Waals surface area (Å²) in [6, 6.07) is 0. The molecule has 1 aliphatic heterocycles. The number of ether oxygens (including phenoxy) is 1. The van der Waals surface area contributed by atoms with Crippen LogP contribution in [0, 0.1) is 5.41 Å². The van der Waals surface area contributed by atoms with Crippen LogP contribution >= 0.6 is 15.9 Å². The molecule has 0 spiro atoms. The fourth-order valence-corrected chi connectivity index (χ4v) is 2.38. The van der Waals surface area contributed by atoms with E-state index in [1.54, 1.807) is 12.5 Å². The Morgan fingerprint density at radius 1 is 1.47 bits per heavy atom. The van der Waals surface area contributed by atoms with E-state index >= 15 is 0 Å². The minimum Gasteiger partial charge on any atom is -0.374 e. The second-order valence-electron chi connectivity index (χ2n) is 5.37. The Balaban J connectivity index is 2.15. The van der Waals surface area contributed by atoms with Gasteiger partial charge in [0.1, 0.15) is 12.1 Å². The molecule has 1 aromatic heterocycles. The topological polar surface area (TPSA) is 38.2 Å². The molecule has 0 bridgehead atoms. The predicted octanol–water partition coefficient (Wildman–Crippen LogP) is 2.49. The Kier molecular flexibility index (Phi) is 3.68. The van der Waals surface area contributed by atoms with Crippen LogP contribution in [0.15, 0.2) is 17.0 Å². The molecular weight excluding hydrogens is 282 g/mol. The lowest BCUT2D eigenvalue weighted by molar-refractivity contribution is -0.0268. The van der Waals surface area contributed by atoms with Crippen molar-refractivity contribution in [2.24, 2.45) is 5.41 Å². The van der Waals surface area contributed by atoms with Gasteiger partial charge in [-0.2, -0.15) is 0 Å². The number of morpholine rings is 1. The van der Waals surface area contributed by atoms with E-state index in [1.165, 1.54) is 0 Å². The number of hydrogen-bond acceptors (Lipinski definition) is 4. The number of rotatable bonds is 1. The molecule has 0 aromatic carbocycles. The quantitative estimate of drug-likeness (QED) is 0.798. The number of nitrogens with zero attached hydrogens (tertiary/aromatic N) is 3. The van der Waals surface area contributed by atoms with Crippen LogP contribution in [0.25, 0.3) is 0 Å². The molecule has 0 unspecified atom stereocenters. The van der Waals surface area contributed by atoms with Gasteiger partial charge >= 0.3 is 0 Å². The van der Waals surface area contributed by atoms with Crippen molar-refractivity contribution in [3.05, 3.63) is 17.0 Å². The summed E-state index contributed by atoms with van der Waals surface area (Å²) in [7, 11) is 0. The lowest BCUT2D eigenvalue weighted by Crippen LogP contribution is -2.48. The second kappa shape index (κ2) is 4.90. The maximum absolute atomic E-state index is 5.83. The molecule has 5 heteroatoms. The molecule has 0 radical (unpaired) electrons. The van der Waals surface area contributed by atoms with Gasteiger partial charge in [-0.05, 0) is 21.3 Å². The van der Waals surface area contributed by atoms with Crippen molar-refractivity contribution >= 4 is 21.7 Å². The highest BCUT2D eigenvalue weighted by Crippen LogP contribution is 2.29. The summed E-state index contributed by atoms with van der Waals surface area (Å²) in [6.45, 7) is 9.11. The van der Waals surface area contributed by atoms with Gasteiger partial charge in [0.25, 0.3) is 0 Å². The van der Waals surface area contributed by atoms with Gasteiger partial charge in [-0.3, -0.25) is 0 Å². The summed E-state index contributed by atoms with van der Waals surface area (Å²) in [5.41, 5.74) is 0.151. The minimum absolute atomic E-state index is 0.151. The van der Waals surface area contributed by atoms with E-state index in [-0.39, 0.29) is 11.5 Å². The Morgan fingerprint density at radius 3 is 2.88 bits per heavy atom. The van der Waals surface area contributed by atoms with E-state index in [2.05, 4.69) is 51.6 Å². The van der Waals surface area contributed by atoms with Crippen LogP contribution in [-0.2, 0) is 4.74 Å². The number of aromatic nitrogens is 2. The zero-order chi connectivity index (χ0) is 12.5. The standard InChI is InChI=1S/C12H18BrN3O/c1-12(2,3)10-7-16(4-5-17-10)11-9(13)6-14-8-15-11/h6,8,10H,4-5,7H2,1-3H3/t10-/m0/s1. The first kappa shape index (κ1) is 12.8. The zero-order valence-electron chi connectivity index (χ0n) is 10.5. The van der Waals surface area contributed by atoms with Crippen molar-refractivity contribution in [1.82, 2.24) is 9.97 Å². The molecule has 1 fully saturated rings. The molecule has 2 heterocycles. The highest BCUT2D eigenvalue weighted by atomic mass is 79.9. The van der Waals surface area contributed by atoms with Crippen LogP contribution in [0.5, 0.6) is 0 Å². The highest BCUT2D eigenvalue weighted by molar-refractivity contribution is 9.10. The Bertz CT molecular complexity index is 392. The number of hydrogen-bond donors (Lipinski definition) is 0. The lowest BCUT2D eigenvalue weighted by atomic mass is 9.88. The summed E-state index contributed by atoms with van der Waals surface area (Å²) >= 11 is 3.49. The summed E-state index contributed by atoms with van der Waals surface area (Å²) in [5.74, 6) is 0.956. The summed E-state index contributed by atoms with van der Waals surface area (Å²) in [6.07, 6.45) is 3.60. The molecule has 1 aromatic rings. The Morgan fingerprint density at radius 2 is 2.24 bits per heavy atom. The largest absolute Gasteiger partial charge is 0.374 e. The smallest absolute Gasteiger partial charge is 0.146 e. The maximum Gasteiger partial charge on any atom is 0.146 e. The average Bonchev–Trinajstić information content (AvgIpc) is 2.29. The second-order valence-corrected chi connectivity index (χ2v) is 6.22. The van der Waals surface area contributed by atoms with E-state index in [9.17, 15) is 0 Å². The Labute approximate surface area is 111 Å². The molecule has 1 atom stereocenters. The minimum atomic E-state index is 0.151. The fourth-order valence-electron chi connectivity index (χ4n) is 1.90. The van der Waals surface area contributed by atoms with Crippen molar-refractivity contribution < 1.29 is 4.74 Å². The highest BCUT2D eigenvalue weighted by Gasteiger charge is 2.31. The first-order valence-electron chi connectivity index (χ1n) is 5.80. The average molecular weight is 300 g/mol. The molecule has 0 aliphatic carbocycles. The first-order chi connectivity index (χ1) is 7.98. The molecule has 0 N–H and O–H groups in total. The third-order valence-electron chi connectivity index (χ3n) is 2.98. The third-order valence-corrected chi connectivity index (χ3v) is 3.54. The summed E-state index contributed by atoms with van der Waals surface area (Å²) < 4.78 is 6.77. The predicted molar refractivity (Wildman–Crippen MR) is 71.1 cm³/mol. The van der Waals surface area contributed by atoms with Crippen LogP contribution in [-0.4, -0.2) is 35.8 Å². The van der Waals surface area contributed by atoms with Gasteiger partial charge in [-0.15, -0.1) is 0 Å². The van der Waals surface area contributed by atoms with Crippen LogP contribution in [0.1, 0.15) is 20.8 Å². The van der Waals surface area contributed by atoms with Crippen LogP contribution in [0.2, 0.25) is 0 Å². The molecule has 2 rings (SSSR count). The van der Waals surface area contributed by atoms with Gasteiger partial charge in [0.2, 0.25) is 0 Å². The van der Waals surface area contributed by atoms with Crippen molar-refractivity contribution in [2.75, 3.05) is 24.6 Å². The zero-order valence-corrected chi connectivity index (χ0v) is 12.1. The molecule has 4 nitrogen and oxygen atoms in total. The van der Waals surface area contributed by atoms with Gasteiger partial charge in [0.15, 0.2) is 0 Å². The fraction of sp³-hybridized carbons (Fsp3) is 0.667. The molecule has 17 heavy (non-hydrogen) atoms. The van der Waals surface area contributed by atoms with Crippen molar-refractivity contribution in [3.8, 4) is 0 Å². The van der Waals surface area contributed by atoms with E-state index < -0.39 is 0 Å². The van der Waals surface area contributed by atoms with E-state index in [0.717, 1.165) is 30.0 Å². The lowest BCUT2D eigenvalue weighted by Gasteiger charge is -2.40. The van der Waals surface area contributed by atoms with E-state index in [1.807, 2.05) is 0 Å². The SMILES string of the molecule is CC(C)(C)[C@@H]1CN(c2ncncc2Br)CCO1. The number of halogens is 1. The van der Waals surface area contributed by atoms with E-state index in [0.29, 0.717) is 0 Å². The molecule has 0 amide bonds. The van der Waals surface area contributed by atoms with Crippen LogP contribution in [0.3, 0.4) is 0 Å². The van der Waals surface area contributed by atoms with Crippen molar-refractivity contribution in [1.29, 1.82) is 0 Å². The number of anilines is 1. The molecule has 94 valence electrons. The van der Waals surface area contributed by atoms with Crippen molar-refractivity contribution in [3.63, 3.8) is 0 Å². The molecule has 1 aliphatic rings. The monoisotopic (exact) mass is 299 g/mol. The maximum atomic E-state index is 5.83. The van der Waals surface area contributed by atoms with Crippen LogP contribution < -0.4 is 4.90 Å². The van der Waals surface area contributed by atoms with Gasteiger partial charge in [0.05, 0.1) is 17.2 Å². The summed E-state index contributed by atoms with van der Waals surface area (Å²) in [4.78, 5) is 10.6. The normalized spacial score (nSPS) is 21.6. The van der Waals surface area contributed by atoms with Gasteiger partial charge in [0, 0.05) is 19.3 Å². The van der Waals surface area contributed by atoms with E-state index in [4.69, 9.17) is 4.74 Å². The van der Waals surface area contributed by atoms with Gasteiger partial charge in [-0.1, -0.05) is 20.8 Å². The van der Waals surface area contributed by atoms with Crippen LogP contribution in [0.4, 0.5) is 5.82 Å². The third kappa shape index (κ3) is 2.96. The molecule has 0 saturated carbocycles. The summed E-state index contributed by atoms with van der Waals surface area (Å²) in [5, 5.41) is 0.